The molecule has 1 rings (SSSR count). The zero-order chi connectivity index (χ0) is 8.43. The maximum absolute atomic E-state index is 11.5. The number of halogens is 2. The third-order valence-electron chi connectivity index (χ3n) is 1.48. The van der Waals surface area contributed by atoms with Gasteiger partial charge in [-0.05, 0) is 18.9 Å². The molecule has 0 atom stereocenters. The van der Waals surface area contributed by atoms with Crippen molar-refractivity contribution in [2.24, 2.45) is 5.92 Å². The minimum atomic E-state index is -3.04. The molecule has 0 aromatic carbocycles. The quantitative estimate of drug-likeness (QED) is 0.276. The molecule has 2 nitrogen and oxygen atoms in total. The van der Waals surface area contributed by atoms with Gasteiger partial charge in [-0.1, -0.05) is 5.76 Å². The van der Waals surface area contributed by atoms with Crippen LogP contribution >= 0.6 is 0 Å². The SMILES string of the molecule is O=C(/C=C(\[O-])C(F)F)C1CC1.[Na+]. The molecule has 1 fully saturated rings. The summed E-state index contributed by atoms with van der Waals surface area (Å²) < 4.78 is 23.1. The number of hydrogen-bond acceptors (Lipinski definition) is 2. The third kappa shape index (κ3) is 3.65. The van der Waals surface area contributed by atoms with Crippen molar-refractivity contribution >= 4 is 5.78 Å². The van der Waals surface area contributed by atoms with E-state index in [9.17, 15) is 18.7 Å². The van der Waals surface area contributed by atoms with Crippen LogP contribution in [0.2, 0.25) is 0 Å². The van der Waals surface area contributed by atoms with Crippen LogP contribution in [-0.2, 0) is 4.79 Å². The maximum Gasteiger partial charge on any atom is 1.00 e. The van der Waals surface area contributed by atoms with E-state index in [1.807, 2.05) is 0 Å². The van der Waals surface area contributed by atoms with Gasteiger partial charge in [-0.15, -0.1) is 0 Å². The first kappa shape index (κ1) is 12.1. The molecule has 0 aliphatic heterocycles. The molecular weight excluding hydrogens is 177 g/mol. The summed E-state index contributed by atoms with van der Waals surface area (Å²) in [4.78, 5) is 10.7. The van der Waals surface area contributed by atoms with E-state index in [1.54, 1.807) is 0 Å². The van der Waals surface area contributed by atoms with Gasteiger partial charge in [0.1, 0.15) is 0 Å². The standard InChI is InChI=1S/C7H8F2O2.Na/c8-7(9)6(11)3-5(10)4-1-2-4;/h3-4,7,11H,1-2H2;/q;+1/p-1/b6-3-;. The summed E-state index contributed by atoms with van der Waals surface area (Å²) in [6, 6.07) is 0. The van der Waals surface area contributed by atoms with E-state index in [0.717, 1.165) is 12.8 Å². The minimum Gasteiger partial charge on any atom is -0.872 e. The zero-order valence-corrected chi connectivity index (χ0v) is 8.72. The molecule has 0 aromatic rings. The summed E-state index contributed by atoms with van der Waals surface area (Å²) in [6.07, 6.45) is -1.07. The monoisotopic (exact) mass is 184 g/mol. The first-order valence-corrected chi connectivity index (χ1v) is 3.32. The van der Waals surface area contributed by atoms with Crippen LogP contribution in [0.1, 0.15) is 12.8 Å². The Kier molecular flexibility index (Phi) is 4.97. The number of ketones is 1. The van der Waals surface area contributed by atoms with Gasteiger partial charge in [0.2, 0.25) is 6.43 Å². The summed E-state index contributed by atoms with van der Waals surface area (Å²) in [5.41, 5.74) is 0. The van der Waals surface area contributed by atoms with E-state index in [1.165, 1.54) is 0 Å². The van der Waals surface area contributed by atoms with Gasteiger partial charge in [-0.2, -0.15) is 0 Å². The Morgan fingerprint density at radius 1 is 1.50 bits per heavy atom. The molecule has 1 aliphatic carbocycles. The van der Waals surface area contributed by atoms with Gasteiger partial charge in [-0.25, -0.2) is 8.78 Å². The summed E-state index contributed by atoms with van der Waals surface area (Å²) >= 11 is 0. The average molecular weight is 184 g/mol. The Morgan fingerprint density at radius 2 is 2.00 bits per heavy atom. The van der Waals surface area contributed by atoms with E-state index in [4.69, 9.17) is 0 Å². The molecular formula is C7H7F2NaO2. The van der Waals surface area contributed by atoms with Crippen molar-refractivity contribution in [2.75, 3.05) is 0 Å². The molecule has 62 valence electrons. The van der Waals surface area contributed by atoms with Gasteiger partial charge < -0.3 is 5.11 Å². The number of carbonyl (C=O) groups is 1. The molecule has 0 radical (unpaired) electrons. The maximum atomic E-state index is 11.5. The summed E-state index contributed by atoms with van der Waals surface area (Å²) in [5, 5.41) is 10.3. The largest absolute Gasteiger partial charge is 1.00 e. The normalized spacial score (nSPS) is 17.4. The number of allylic oxidation sites excluding steroid dienone is 2. The summed E-state index contributed by atoms with van der Waals surface area (Å²) in [7, 11) is 0. The number of rotatable bonds is 3. The van der Waals surface area contributed by atoms with Crippen LogP contribution in [0.15, 0.2) is 11.8 Å². The number of alkyl halides is 2. The van der Waals surface area contributed by atoms with Gasteiger partial charge in [-0.3, -0.25) is 4.79 Å². The number of carbonyl (C=O) groups excluding carboxylic acids is 1. The van der Waals surface area contributed by atoms with E-state index in [2.05, 4.69) is 0 Å². The van der Waals surface area contributed by atoms with Crippen molar-refractivity contribution in [1.29, 1.82) is 0 Å². The molecule has 12 heavy (non-hydrogen) atoms. The van der Waals surface area contributed by atoms with Crippen LogP contribution < -0.4 is 34.7 Å². The van der Waals surface area contributed by atoms with Crippen molar-refractivity contribution in [3.63, 3.8) is 0 Å². The van der Waals surface area contributed by atoms with Crippen molar-refractivity contribution in [2.45, 2.75) is 19.3 Å². The molecule has 0 spiro atoms. The second-order valence-electron chi connectivity index (χ2n) is 2.52. The first-order chi connectivity index (χ1) is 5.11. The summed E-state index contributed by atoms with van der Waals surface area (Å²) in [6.45, 7) is 0. The molecule has 0 unspecified atom stereocenters. The van der Waals surface area contributed by atoms with E-state index >= 15 is 0 Å². The van der Waals surface area contributed by atoms with E-state index < -0.39 is 18.0 Å². The van der Waals surface area contributed by atoms with Crippen molar-refractivity contribution in [3.8, 4) is 0 Å². The zero-order valence-electron chi connectivity index (χ0n) is 6.72. The van der Waals surface area contributed by atoms with Crippen LogP contribution in [0.5, 0.6) is 0 Å². The van der Waals surface area contributed by atoms with E-state index in [-0.39, 0.29) is 35.5 Å². The average Bonchev–Trinajstić information content (AvgIpc) is 2.67. The fourth-order valence-corrected chi connectivity index (χ4v) is 0.689. The molecule has 5 heteroatoms. The second-order valence-corrected chi connectivity index (χ2v) is 2.52. The van der Waals surface area contributed by atoms with Crippen LogP contribution in [0, 0.1) is 5.92 Å². The predicted octanol–water partition coefficient (Wildman–Crippen LogP) is -2.52. The molecule has 0 N–H and O–H groups in total. The smallest absolute Gasteiger partial charge is 0.872 e. The molecule has 1 saturated carbocycles. The molecule has 0 amide bonds. The Balaban J connectivity index is 0.00000121. The number of hydrogen-bond donors (Lipinski definition) is 0. The fourth-order valence-electron chi connectivity index (χ4n) is 0.689. The van der Waals surface area contributed by atoms with Gasteiger partial charge >= 0.3 is 29.6 Å². The van der Waals surface area contributed by atoms with Crippen molar-refractivity contribution in [1.82, 2.24) is 0 Å². The second kappa shape index (κ2) is 4.94. The van der Waals surface area contributed by atoms with Gasteiger partial charge in [0.15, 0.2) is 5.78 Å². The fraction of sp³-hybridized carbons (Fsp3) is 0.571. The molecule has 0 heterocycles. The Hall–Kier alpha value is 0.0700. The van der Waals surface area contributed by atoms with Gasteiger partial charge in [0, 0.05) is 5.92 Å². The minimum absolute atomic E-state index is 0. The Morgan fingerprint density at radius 3 is 2.33 bits per heavy atom. The first-order valence-electron chi connectivity index (χ1n) is 3.32. The Bertz CT molecular complexity index is 200. The predicted molar refractivity (Wildman–Crippen MR) is 31.8 cm³/mol. The van der Waals surface area contributed by atoms with Crippen LogP contribution in [-0.4, -0.2) is 12.2 Å². The third-order valence-corrected chi connectivity index (χ3v) is 1.48. The van der Waals surface area contributed by atoms with Crippen molar-refractivity contribution in [3.05, 3.63) is 11.8 Å². The van der Waals surface area contributed by atoms with Crippen LogP contribution in [0.25, 0.3) is 0 Å². The van der Waals surface area contributed by atoms with E-state index in [0.29, 0.717) is 6.08 Å². The van der Waals surface area contributed by atoms with Crippen molar-refractivity contribution < 1.29 is 48.2 Å². The van der Waals surface area contributed by atoms with Gasteiger partial charge in [0.05, 0.1) is 0 Å². The van der Waals surface area contributed by atoms with Gasteiger partial charge in [0.25, 0.3) is 0 Å². The summed E-state index contributed by atoms with van der Waals surface area (Å²) in [5.74, 6) is -1.98. The molecule has 0 saturated heterocycles. The van der Waals surface area contributed by atoms with Crippen LogP contribution in [0.3, 0.4) is 0 Å². The molecule has 1 aliphatic rings. The topological polar surface area (TPSA) is 40.1 Å². The molecule has 0 bridgehead atoms. The van der Waals surface area contributed by atoms with Crippen LogP contribution in [0.4, 0.5) is 8.78 Å². The molecule has 0 aromatic heterocycles. The Labute approximate surface area is 90.9 Å².